The van der Waals surface area contributed by atoms with E-state index in [1.54, 1.807) is 0 Å². The minimum absolute atomic E-state index is 0.688. The van der Waals surface area contributed by atoms with Crippen molar-refractivity contribution in [3.8, 4) is 0 Å². The Bertz CT molecular complexity index is 532. The predicted octanol–water partition coefficient (Wildman–Crippen LogP) is 1.57. The second kappa shape index (κ2) is 6.43. The topological polar surface area (TPSA) is 55.6 Å². The first-order chi connectivity index (χ1) is 9.26. The van der Waals surface area contributed by atoms with E-state index in [2.05, 4.69) is 34.2 Å². The van der Waals surface area contributed by atoms with Crippen LogP contribution in [0.1, 0.15) is 36.9 Å². The molecule has 0 aromatic carbocycles. The lowest BCUT2D eigenvalue weighted by Gasteiger charge is -2.06. The van der Waals surface area contributed by atoms with Gasteiger partial charge in [-0.05, 0) is 19.2 Å². The Hall–Kier alpha value is -1.75. The van der Waals surface area contributed by atoms with Gasteiger partial charge in [-0.1, -0.05) is 19.9 Å². The average Bonchev–Trinajstić information content (AvgIpc) is 2.82. The number of aryl methyl sites for hydroxylation is 2. The van der Waals surface area contributed by atoms with E-state index in [1.807, 2.05) is 29.9 Å². The Balaban J connectivity index is 2.20. The van der Waals surface area contributed by atoms with Crippen molar-refractivity contribution in [2.45, 2.75) is 39.8 Å². The summed E-state index contributed by atoms with van der Waals surface area (Å²) in [6.45, 7) is 5.65. The molecule has 0 bridgehead atoms. The second-order valence-electron chi connectivity index (χ2n) is 4.46. The molecule has 0 aliphatic carbocycles. The molecule has 0 fully saturated rings. The highest BCUT2D eigenvalue weighted by Gasteiger charge is 2.08. The van der Waals surface area contributed by atoms with Crippen LogP contribution >= 0.6 is 0 Å². The maximum absolute atomic E-state index is 4.62. The number of hydrogen-bond acceptors (Lipinski definition) is 4. The van der Waals surface area contributed by atoms with Gasteiger partial charge in [0.2, 0.25) is 0 Å². The molecule has 2 heterocycles. The maximum Gasteiger partial charge on any atom is 0.150 e. The molecule has 1 N–H and O–H groups in total. The Morgan fingerprint density at radius 1 is 1.11 bits per heavy atom. The lowest BCUT2D eigenvalue weighted by Crippen LogP contribution is -2.11. The van der Waals surface area contributed by atoms with Gasteiger partial charge < -0.3 is 5.32 Å². The van der Waals surface area contributed by atoms with Crippen LogP contribution < -0.4 is 5.32 Å². The van der Waals surface area contributed by atoms with Gasteiger partial charge in [0, 0.05) is 19.4 Å². The first-order valence-corrected chi connectivity index (χ1v) is 6.78. The zero-order valence-corrected chi connectivity index (χ0v) is 11.8. The summed E-state index contributed by atoms with van der Waals surface area (Å²) in [5, 5.41) is 7.63. The average molecular weight is 259 g/mol. The molecule has 2 aromatic rings. The molecule has 0 atom stereocenters. The molecule has 0 radical (unpaired) electrons. The Morgan fingerprint density at radius 2 is 1.89 bits per heavy atom. The molecule has 0 aliphatic rings. The standard InChI is InChI=1S/C14H21N5/c1-4-13-17-14(5-2)19(18-13)10-12-8-6-7-11(16-12)9-15-3/h6-8,15H,4-5,9-10H2,1-3H3. The summed E-state index contributed by atoms with van der Waals surface area (Å²) >= 11 is 0. The molecule has 102 valence electrons. The van der Waals surface area contributed by atoms with Crippen molar-refractivity contribution in [2.75, 3.05) is 7.05 Å². The number of aromatic nitrogens is 4. The minimum Gasteiger partial charge on any atom is -0.314 e. The summed E-state index contributed by atoms with van der Waals surface area (Å²) in [5.74, 6) is 1.93. The molecule has 0 unspecified atom stereocenters. The van der Waals surface area contributed by atoms with Crippen LogP contribution in [0.25, 0.3) is 0 Å². The summed E-state index contributed by atoms with van der Waals surface area (Å²) in [6.07, 6.45) is 1.76. The van der Waals surface area contributed by atoms with Gasteiger partial charge in [-0.25, -0.2) is 9.67 Å². The SMILES string of the molecule is CCc1nc(CC)n(Cc2cccc(CNC)n2)n1. The van der Waals surface area contributed by atoms with E-state index in [1.165, 1.54) is 0 Å². The molecule has 19 heavy (non-hydrogen) atoms. The smallest absolute Gasteiger partial charge is 0.150 e. The molecule has 2 rings (SSSR count). The van der Waals surface area contributed by atoms with E-state index in [-0.39, 0.29) is 0 Å². The number of pyridine rings is 1. The quantitative estimate of drug-likeness (QED) is 0.855. The van der Waals surface area contributed by atoms with Gasteiger partial charge in [-0.2, -0.15) is 5.10 Å². The molecule has 0 saturated carbocycles. The summed E-state index contributed by atoms with van der Waals surface area (Å²) in [7, 11) is 1.93. The van der Waals surface area contributed by atoms with Crippen LogP contribution in [0.15, 0.2) is 18.2 Å². The highest BCUT2D eigenvalue weighted by molar-refractivity contribution is 5.12. The van der Waals surface area contributed by atoms with Crippen LogP contribution in [0.3, 0.4) is 0 Å². The molecular formula is C14H21N5. The first kappa shape index (κ1) is 13.7. The van der Waals surface area contributed by atoms with Crippen molar-refractivity contribution >= 4 is 0 Å². The van der Waals surface area contributed by atoms with E-state index in [0.717, 1.165) is 42.4 Å². The molecule has 0 amide bonds. The number of nitrogens with zero attached hydrogens (tertiary/aromatic N) is 4. The van der Waals surface area contributed by atoms with Crippen LogP contribution in [-0.4, -0.2) is 26.8 Å². The van der Waals surface area contributed by atoms with E-state index in [0.29, 0.717) is 6.54 Å². The lowest BCUT2D eigenvalue weighted by molar-refractivity contribution is 0.623. The third-order valence-corrected chi connectivity index (χ3v) is 2.96. The van der Waals surface area contributed by atoms with Crippen LogP contribution in [0.4, 0.5) is 0 Å². The minimum atomic E-state index is 0.688. The number of hydrogen-bond donors (Lipinski definition) is 1. The largest absolute Gasteiger partial charge is 0.314 e. The summed E-state index contributed by atoms with van der Waals surface area (Å²) in [6, 6.07) is 6.10. The van der Waals surface area contributed by atoms with Crippen molar-refractivity contribution in [1.29, 1.82) is 0 Å². The molecule has 0 aliphatic heterocycles. The van der Waals surface area contributed by atoms with Crippen molar-refractivity contribution in [1.82, 2.24) is 25.1 Å². The molecule has 5 nitrogen and oxygen atoms in total. The van der Waals surface area contributed by atoms with Crippen molar-refractivity contribution in [3.05, 3.63) is 41.2 Å². The maximum atomic E-state index is 4.62. The van der Waals surface area contributed by atoms with Gasteiger partial charge in [-0.3, -0.25) is 4.98 Å². The van der Waals surface area contributed by atoms with E-state index >= 15 is 0 Å². The molecule has 2 aromatic heterocycles. The van der Waals surface area contributed by atoms with Crippen LogP contribution in [0.2, 0.25) is 0 Å². The van der Waals surface area contributed by atoms with Crippen molar-refractivity contribution in [3.63, 3.8) is 0 Å². The van der Waals surface area contributed by atoms with Crippen LogP contribution in [0, 0.1) is 0 Å². The zero-order valence-electron chi connectivity index (χ0n) is 11.8. The lowest BCUT2D eigenvalue weighted by atomic mass is 10.3. The van der Waals surface area contributed by atoms with E-state index in [9.17, 15) is 0 Å². The van der Waals surface area contributed by atoms with E-state index in [4.69, 9.17) is 0 Å². The van der Waals surface area contributed by atoms with Crippen molar-refractivity contribution < 1.29 is 0 Å². The Morgan fingerprint density at radius 3 is 2.58 bits per heavy atom. The van der Waals surface area contributed by atoms with E-state index < -0.39 is 0 Å². The third-order valence-electron chi connectivity index (χ3n) is 2.96. The normalized spacial score (nSPS) is 10.9. The number of nitrogens with one attached hydrogen (secondary N) is 1. The number of rotatable bonds is 6. The zero-order chi connectivity index (χ0) is 13.7. The van der Waals surface area contributed by atoms with Gasteiger partial charge in [0.05, 0.1) is 17.9 Å². The van der Waals surface area contributed by atoms with Gasteiger partial charge in [0.25, 0.3) is 0 Å². The van der Waals surface area contributed by atoms with Gasteiger partial charge in [0.1, 0.15) is 5.82 Å². The van der Waals surface area contributed by atoms with Gasteiger partial charge in [0.15, 0.2) is 5.82 Å². The first-order valence-electron chi connectivity index (χ1n) is 6.78. The predicted molar refractivity (Wildman–Crippen MR) is 74.9 cm³/mol. The van der Waals surface area contributed by atoms with Gasteiger partial charge in [-0.15, -0.1) is 0 Å². The molecule has 0 spiro atoms. The van der Waals surface area contributed by atoms with Crippen LogP contribution in [0.5, 0.6) is 0 Å². The fourth-order valence-electron chi connectivity index (χ4n) is 2.01. The Kier molecular flexibility index (Phi) is 4.63. The Labute approximate surface area is 114 Å². The van der Waals surface area contributed by atoms with Crippen LogP contribution in [-0.2, 0) is 25.9 Å². The third kappa shape index (κ3) is 3.38. The fraction of sp³-hybridized carbons (Fsp3) is 0.500. The highest BCUT2D eigenvalue weighted by atomic mass is 15.3. The molecule has 5 heteroatoms. The highest BCUT2D eigenvalue weighted by Crippen LogP contribution is 2.06. The van der Waals surface area contributed by atoms with Crippen molar-refractivity contribution in [2.24, 2.45) is 0 Å². The summed E-state index contributed by atoms with van der Waals surface area (Å²) in [5.41, 5.74) is 2.07. The molecular weight excluding hydrogens is 238 g/mol. The second-order valence-corrected chi connectivity index (χ2v) is 4.46. The monoisotopic (exact) mass is 259 g/mol. The summed E-state index contributed by atoms with van der Waals surface area (Å²) < 4.78 is 1.96. The summed E-state index contributed by atoms with van der Waals surface area (Å²) in [4.78, 5) is 9.13. The van der Waals surface area contributed by atoms with Gasteiger partial charge >= 0.3 is 0 Å². The fourth-order valence-corrected chi connectivity index (χ4v) is 2.01. The molecule has 0 saturated heterocycles.